The van der Waals surface area contributed by atoms with Crippen LogP contribution in [0.4, 0.5) is 0 Å². The molecule has 0 aliphatic carbocycles. The quantitative estimate of drug-likeness (QED) is 0.565. The minimum Gasteiger partial charge on any atom is -0.473 e. The van der Waals surface area contributed by atoms with Crippen LogP contribution in [0.25, 0.3) is 0 Å². The van der Waals surface area contributed by atoms with Crippen molar-refractivity contribution >= 4 is 16.7 Å². The number of nitrogens with one attached hydrogen (secondary N) is 1. The molecule has 7 nitrogen and oxygen atoms in total. The van der Waals surface area contributed by atoms with Gasteiger partial charge in [0.05, 0.1) is 12.0 Å². The summed E-state index contributed by atoms with van der Waals surface area (Å²) in [5.41, 5.74) is 1.20. The number of rotatable bonds is 11. The number of hydrogen-bond donors (Lipinski definition) is 1. The number of ether oxygens (including phenoxy) is 1. The van der Waals surface area contributed by atoms with E-state index in [4.69, 9.17) is 9.15 Å². The van der Waals surface area contributed by atoms with Gasteiger partial charge in [-0.1, -0.05) is 6.08 Å². The Morgan fingerprint density at radius 2 is 2.17 bits per heavy atom. The fraction of sp³-hybridized carbons (Fsp3) is 0.429. The molecule has 2 aromatic rings. The summed E-state index contributed by atoms with van der Waals surface area (Å²) in [5.74, 6) is 1.17. The summed E-state index contributed by atoms with van der Waals surface area (Å²) in [4.78, 5) is 18.5. The number of hydrogen-bond acceptors (Lipinski definition) is 6. The summed E-state index contributed by atoms with van der Waals surface area (Å²) in [7, 11) is -1.28. The molecule has 3 rings (SSSR count). The highest BCUT2D eigenvalue weighted by atomic mass is 32.2. The average Bonchev–Trinajstić information content (AvgIpc) is 3.39. The number of aromatic nitrogens is 1. The molecule has 1 aliphatic rings. The molecule has 0 saturated carbocycles. The number of nitrogens with zero attached hydrogens (tertiary/aromatic N) is 2. The number of likely N-dealkylation sites (tertiary alicyclic amines) is 1. The first kappa shape index (κ1) is 21.3. The van der Waals surface area contributed by atoms with Gasteiger partial charge in [-0.3, -0.25) is 13.9 Å². The zero-order valence-corrected chi connectivity index (χ0v) is 17.2. The number of carbonyl (C=O) groups is 1. The summed E-state index contributed by atoms with van der Waals surface area (Å²) in [6.45, 7) is 3.98. The molecule has 1 aliphatic heterocycles. The minimum absolute atomic E-state index is 0.0429. The molecule has 29 heavy (non-hydrogen) atoms. The Morgan fingerprint density at radius 1 is 1.31 bits per heavy atom. The van der Waals surface area contributed by atoms with E-state index in [0.29, 0.717) is 24.8 Å². The highest BCUT2D eigenvalue weighted by Gasteiger charge is 2.12. The van der Waals surface area contributed by atoms with Crippen molar-refractivity contribution in [2.45, 2.75) is 25.1 Å². The van der Waals surface area contributed by atoms with E-state index in [1.807, 2.05) is 18.2 Å². The van der Waals surface area contributed by atoms with Crippen molar-refractivity contribution in [3.05, 3.63) is 60.2 Å². The highest BCUT2D eigenvalue weighted by molar-refractivity contribution is 7.84. The Labute approximate surface area is 173 Å². The highest BCUT2D eigenvalue weighted by Crippen LogP contribution is 2.15. The van der Waals surface area contributed by atoms with Gasteiger partial charge >= 0.3 is 0 Å². The van der Waals surface area contributed by atoms with Crippen LogP contribution in [0.2, 0.25) is 0 Å². The van der Waals surface area contributed by atoms with Crippen LogP contribution in [0.1, 0.15) is 24.2 Å². The molecule has 156 valence electrons. The van der Waals surface area contributed by atoms with E-state index < -0.39 is 10.8 Å². The van der Waals surface area contributed by atoms with Crippen molar-refractivity contribution in [3.63, 3.8) is 0 Å². The summed E-state index contributed by atoms with van der Waals surface area (Å²) in [5, 5.41) is 2.72. The van der Waals surface area contributed by atoms with Crippen LogP contribution in [0.15, 0.2) is 53.3 Å². The van der Waals surface area contributed by atoms with E-state index >= 15 is 0 Å². The second kappa shape index (κ2) is 11.5. The molecule has 3 heterocycles. The van der Waals surface area contributed by atoms with E-state index in [1.54, 1.807) is 24.4 Å². The minimum atomic E-state index is -1.28. The molecule has 1 N–H and O–H groups in total. The smallest absolute Gasteiger partial charge is 0.232 e. The number of pyridine rings is 1. The lowest BCUT2D eigenvalue weighted by atomic mass is 10.2. The molecule has 1 unspecified atom stereocenters. The van der Waals surface area contributed by atoms with Gasteiger partial charge in [-0.15, -0.1) is 0 Å². The van der Waals surface area contributed by atoms with Crippen LogP contribution in [0.3, 0.4) is 0 Å². The van der Waals surface area contributed by atoms with Gasteiger partial charge in [-0.2, -0.15) is 0 Å². The van der Waals surface area contributed by atoms with E-state index in [-0.39, 0.29) is 17.4 Å². The first-order valence-electron chi connectivity index (χ1n) is 9.78. The SMILES string of the molecule is O=C(CS(=O)Cc1ccco1)NC/C=C\COc1cc(CN2CCCC2)ccn1. The molecule has 1 fully saturated rings. The molecular formula is C21H27N3O4S. The average molecular weight is 418 g/mol. The van der Waals surface area contributed by atoms with E-state index in [2.05, 4.69) is 15.2 Å². The number of furan rings is 1. The van der Waals surface area contributed by atoms with E-state index in [9.17, 15) is 9.00 Å². The van der Waals surface area contributed by atoms with Gasteiger partial charge < -0.3 is 14.5 Å². The maximum absolute atomic E-state index is 11.9. The van der Waals surface area contributed by atoms with Crippen molar-refractivity contribution in [1.29, 1.82) is 0 Å². The van der Waals surface area contributed by atoms with Crippen molar-refractivity contribution in [3.8, 4) is 5.88 Å². The molecule has 0 bridgehead atoms. The standard InChI is InChI=1S/C21H27N3O4S/c25-20(17-29(26)16-19-6-5-13-27-19)22-8-1-4-12-28-21-14-18(7-9-23-21)15-24-10-2-3-11-24/h1,4-7,9,13-14H,2-3,8,10-12,15-17H2,(H,22,25)/b4-1-. The Morgan fingerprint density at radius 3 is 2.97 bits per heavy atom. The largest absolute Gasteiger partial charge is 0.473 e. The van der Waals surface area contributed by atoms with Crippen molar-refractivity contribution < 1.29 is 18.2 Å². The second-order valence-corrected chi connectivity index (χ2v) is 8.34. The molecule has 8 heteroatoms. The van der Waals surface area contributed by atoms with Crippen molar-refractivity contribution in [2.24, 2.45) is 0 Å². The zero-order valence-electron chi connectivity index (χ0n) is 16.4. The summed E-state index contributed by atoms with van der Waals surface area (Å²) in [6.07, 6.45) is 9.48. The zero-order chi connectivity index (χ0) is 20.3. The predicted octanol–water partition coefficient (Wildman–Crippen LogP) is 2.27. The Balaban J connectivity index is 1.30. The lowest BCUT2D eigenvalue weighted by Gasteiger charge is -2.14. The van der Waals surface area contributed by atoms with Gasteiger partial charge in [-0.25, -0.2) is 4.98 Å². The molecule has 2 aromatic heterocycles. The molecule has 0 spiro atoms. The first-order valence-corrected chi connectivity index (χ1v) is 11.3. The monoisotopic (exact) mass is 417 g/mol. The maximum atomic E-state index is 11.9. The molecule has 1 saturated heterocycles. The van der Waals surface area contributed by atoms with Crippen LogP contribution in [0, 0.1) is 0 Å². The molecule has 0 radical (unpaired) electrons. The lowest BCUT2D eigenvalue weighted by Crippen LogP contribution is -2.28. The van der Waals surface area contributed by atoms with Gasteiger partial charge in [-0.05, 0) is 55.8 Å². The second-order valence-electron chi connectivity index (χ2n) is 6.88. The Kier molecular flexibility index (Phi) is 8.45. The van der Waals surface area contributed by atoms with Crippen LogP contribution in [-0.4, -0.2) is 52.0 Å². The van der Waals surface area contributed by atoms with Crippen molar-refractivity contribution in [2.75, 3.05) is 32.0 Å². The van der Waals surface area contributed by atoms with Gasteiger partial charge in [0.1, 0.15) is 18.1 Å². The van der Waals surface area contributed by atoms with Gasteiger partial charge in [0.15, 0.2) is 0 Å². The van der Waals surface area contributed by atoms with Crippen LogP contribution in [-0.2, 0) is 27.9 Å². The van der Waals surface area contributed by atoms with E-state index in [1.165, 1.54) is 24.7 Å². The summed E-state index contributed by atoms with van der Waals surface area (Å²) >= 11 is 0. The van der Waals surface area contributed by atoms with Gasteiger partial charge in [0.25, 0.3) is 0 Å². The predicted molar refractivity (Wildman–Crippen MR) is 112 cm³/mol. The maximum Gasteiger partial charge on any atom is 0.232 e. The molecule has 1 amide bonds. The first-order chi connectivity index (χ1) is 14.2. The fourth-order valence-corrected chi connectivity index (χ4v) is 4.06. The Hall–Kier alpha value is -2.45. The summed E-state index contributed by atoms with van der Waals surface area (Å²) < 4.78 is 22.7. The Bertz CT molecular complexity index is 817. The third-order valence-electron chi connectivity index (χ3n) is 4.49. The fourth-order valence-electron chi connectivity index (χ4n) is 3.09. The third kappa shape index (κ3) is 7.83. The van der Waals surface area contributed by atoms with E-state index in [0.717, 1.165) is 19.6 Å². The van der Waals surface area contributed by atoms with Crippen molar-refractivity contribution in [1.82, 2.24) is 15.2 Å². The van der Waals surface area contributed by atoms with Crippen LogP contribution in [0.5, 0.6) is 5.88 Å². The van der Waals surface area contributed by atoms with Crippen LogP contribution >= 0.6 is 0 Å². The number of amides is 1. The molecule has 0 aromatic carbocycles. The van der Waals surface area contributed by atoms with Gasteiger partial charge in [0.2, 0.25) is 11.8 Å². The van der Waals surface area contributed by atoms with Crippen LogP contribution < -0.4 is 10.1 Å². The topological polar surface area (TPSA) is 84.7 Å². The molecule has 1 atom stereocenters. The lowest BCUT2D eigenvalue weighted by molar-refractivity contribution is -0.118. The third-order valence-corrected chi connectivity index (χ3v) is 5.68. The summed E-state index contributed by atoms with van der Waals surface area (Å²) in [6, 6.07) is 7.48. The van der Waals surface area contributed by atoms with Gasteiger partial charge in [0, 0.05) is 36.2 Å². The molecular weight excluding hydrogens is 390 g/mol. The number of carbonyl (C=O) groups excluding carboxylic acids is 1. The normalized spacial score (nSPS) is 15.6.